The van der Waals surface area contributed by atoms with Crippen LogP contribution in [0.15, 0.2) is 24.3 Å². The minimum absolute atomic E-state index is 0.287. The van der Waals surface area contributed by atoms with Gasteiger partial charge >= 0.3 is 12.1 Å². The van der Waals surface area contributed by atoms with Gasteiger partial charge in [-0.25, -0.2) is 9.59 Å². The second-order valence-corrected chi connectivity index (χ2v) is 8.40. The molecule has 1 aromatic carbocycles. The van der Waals surface area contributed by atoms with Crippen LogP contribution in [0.5, 0.6) is 0 Å². The minimum Gasteiger partial charge on any atom is -0.456 e. The van der Waals surface area contributed by atoms with Crippen molar-refractivity contribution < 1.29 is 23.9 Å². The number of benzene rings is 1. The van der Waals surface area contributed by atoms with E-state index in [0.29, 0.717) is 5.56 Å². The van der Waals surface area contributed by atoms with E-state index in [9.17, 15) is 14.4 Å². The predicted octanol–water partition coefficient (Wildman–Crippen LogP) is 4.01. The number of carbonyl (C=O) groups excluding carboxylic acids is 3. The van der Waals surface area contributed by atoms with Crippen LogP contribution in [0.4, 0.5) is 4.79 Å². The highest BCUT2D eigenvalue weighted by Crippen LogP contribution is 2.25. The van der Waals surface area contributed by atoms with E-state index in [1.807, 2.05) is 0 Å². The summed E-state index contributed by atoms with van der Waals surface area (Å²) in [4.78, 5) is 37.8. The lowest BCUT2D eigenvalue weighted by atomic mass is 10.0. The number of hydrogen-bond donors (Lipinski definition) is 1. The van der Waals surface area contributed by atoms with E-state index in [2.05, 4.69) is 12.6 Å². The first-order valence-electron chi connectivity index (χ1n) is 8.23. The Hall–Kier alpha value is -2.02. The van der Waals surface area contributed by atoms with Gasteiger partial charge in [0.05, 0.1) is 5.56 Å². The van der Waals surface area contributed by atoms with Crippen molar-refractivity contribution in [2.45, 2.75) is 58.8 Å². The molecule has 0 saturated carbocycles. The van der Waals surface area contributed by atoms with Crippen LogP contribution in [0.2, 0.25) is 0 Å². The van der Waals surface area contributed by atoms with Crippen molar-refractivity contribution in [3.05, 3.63) is 35.4 Å². The zero-order valence-corrected chi connectivity index (χ0v) is 17.2. The highest BCUT2D eigenvalue weighted by atomic mass is 32.1. The summed E-state index contributed by atoms with van der Waals surface area (Å²) in [6.07, 6.45) is -0.660. The molecule has 0 spiro atoms. The predicted molar refractivity (Wildman–Crippen MR) is 102 cm³/mol. The van der Waals surface area contributed by atoms with Gasteiger partial charge in [-0.2, -0.15) is 0 Å². The van der Waals surface area contributed by atoms with E-state index in [-0.39, 0.29) is 5.56 Å². The first-order chi connectivity index (χ1) is 11.7. The van der Waals surface area contributed by atoms with E-state index >= 15 is 0 Å². The number of amides is 1. The molecule has 0 aromatic heterocycles. The fourth-order valence-electron chi connectivity index (χ4n) is 2.14. The summed E-state index contributed by atoms with van der Waals surface area (Å²) in [6.45, 7) is 10.5. The van der Waals surface area contributed by atoms with Crippen molar-refractivity contribution in [2.24, 2.45) is 0 Å². The maximum absolute atomic E-state index is 12.3. The van der Waals surface area contributed by atoms with E-state index in [1.54, 1.807) is 59.7 Å². The van der Waals surface area contributed by atoms with E-state index < -0.39 is 34.4 Å². The Morgan fingerprint density at radius 2 is 1.54 bits per heavy atom. The highest BCUT2D eigenvalue weighted by Gasteiger charge is 2.30. The van der Waals surface area contributed by atoms with E-state index in [4.69, 9.17) is 9.47 Å². The summed E-state index contributed by atoms with van der Waals surface area (Å²) in [5.41, 5.74) is -0.608. The van der Waals surface area contributed by atoms with Crippen LogP contribution >= 0.6 is 12.6 Å². The number of carbonyl (C=O) groups is 3. The monoisotopic (exact) mass is 381 g/mol. The Morgan fingerprint density at radius 3 is 2.00 bits per heavy atom. The van der Waals surface area contributed by atoms with Crippen molar-refractivity contribution in [2.75, 3.05) is 7.05 Å². The van der Waals surface area contributed by atoms with Crippen molar-refractivity contribution in [1.82, 2.24) is 4.90 Å². The average Bonchev–Trinajstić information content (AvgIpc) is 2.43. The summed E-state index contributed by atoms with van der Waals surface area (Å²) in [5, 5.41) is -0.542. The summed E-state index contributed by atoms with van der Waals surface area (Å²) >= 11 is 3.90. The van der Waals surface area contributed by atoms with Crippen LogP contribution in [0, 0.1) is 0 Å². The molecule has 0 radical (unpaired) electrons. The topological polar surface area (TPSA) is 72.9 Å². The quantitative estimate of drug-likeness (QED) is 0.630. The van der Waals surface area contributed by atoms with E-state index in [0.717, 1.165) is 4.90 Å². The van der Waals surface area contributed by atoms with Crippen LogP contribution in [-0.4, -0.2) is 40.3 Å². The van der Waals surface area contributed by atoms with Gasteiger partial charge in [-0.3, -0.25) is 9.69 Å². The summed E-state index contributed by atoms with van der Waals surface area (Å²) in [6, 6.07) is 5.39. The lowest BCUT2D eigenvalue weighted by Gasteiger charge is -2.29. The molecule has 0 aliphatic rings. The molecular weight excluding hydrogens is 354 g/mol. The second-order valence-electron chi connectivity index (χ2n) is 7.96. The smallest absolute Gasteiger partial charge is 0.410 e. The molecule has 0 bridgehead atoms. The molecule has 0 unspecified atom stereocenters. The summed E-state index contributed by atoms with van der Waals surface area (Å²) < 4.78 is 10.6. The van der Waals surface area contributed by atoms with Gasteiger partial charge in [0.15, 0.2) is 0 Å². The third-order valence-corrected chi connectivity index (χ3v) is 3.38. The lowest BCUT2D eigenvalue weighted by molar-refractivity contribution is -0.115. The van der Waals surface area contributed by atoms with Crippen molar-refractivity contribution in [3.8, 4) is 0 Å². The number of nitrogens with zero attached hydrogens (tertiary/aromatic N) is 1. The number of thiol groups is 1. The van der Waals surface area contributed by atoms with Gasteiger partial charge in [0.25, 0.3) is 0 Å². The second kappa shape index (κ2) is 8.12. The van der Waals surface area contributed by atoms with Gasteiger partial charge < -0.3 is 9.47 Å². The first kappa shape index (κ1) is 22.0. The third-order valence-electron chi connectivity index (χ3n) is 3.14. The number of ether oxygens (including phenoxy) is 2. The molecule has 0 aliphatic carbocycles. The van der Waals surface area contributed by atoms with Gasteiger partial charge in [0.1, 0.15) is 17.2 Å². The van der Waals surface area contributed by atoms with Gasteiger partial charge in [-0.15, -0.1) is 12.6 Å². The molecule has 144 valence electrons. The van der Waals surface area contributed by atoms with Crippen LogP contribution in [0.25, 0.3) is 0 Å². The zero-order chi connectivity index (χ0) is 20.3. The molecule has 1 aromatic rings. The Kier molecular flexibility index (Phi) is 6.88. The van der Waals surface area contributed by atoms with Gasteiger partial charge in [0, 0.05) is 7.05 Å². The Balaban J connectivity index is 3.15. The molecule has 0 saturated heterocycles. The number of rotatable bonds is 4. The molecule has 0 aliphatic heterocycles. The lowest BCUT2D eigenvalue weighted by Crippen LogP contribution is -2.38. The maximum Gasteiger partial charge on any atom is 0.410 e. The Bertz CT molecular complexity index is 688. The highest BCUT2D eigenvalue weighted by molar-refractivity contribution is 7.96. The normalized spacial score (nSPS) is 12.9. The molecule has 1 atom stereocenters. The molecule has 0 heterocycles. The van der Waals surface area contributed by atoms with Crippen molar-refractivity contribution in [3.63, 3.8) is 0 Å². The maximum atomic E-state index is 12.3. The molecule has 1 amide bonds. The van der Waals surface area contributed by atoms with Crippen molar-refractivity contribution >= 4 is 29.8 Å². The molecule has 1 rings (SSSR count). The van der Waals surface area contributed by atoms with Crippen LogP contribution in [-0.2, 0) is 14.3 Å². The average molecular weight is 381 g/mol. The van der Waals surface area contributed by atoms with Crippen LogP contribution in [0.1, 0.15) is 63.5 Å². The fourth-order valence-corrected chi connectivity index (χ4v) is 2.47. The minimum atomic E-state index is -0.990. The summed E-state index contributed by atoms with van der Waals surface area (Å²) in [5.74, 6) is -0.510. The van der Waals surface area contributed by atoms with Gasteiger partial charge in [-0.05, 0) is 59.2 Å². The molecule has 0 N–H and O–H groups in total. The van der Waals surface area contributed by atoms with E-state index in [1.165, 1.54) is 13.1 Å². The fraction of sp³-hybridized carbons (Fsp3) is 0.526. The number of esters is 1. The van der Waals surface area contributed by atoms with Gasteiger partial charge in [0.2, 0.25) is 5.12 Å². The van der Waals surface area contributed by atoms with Crippen molar-refractivity contribution in [1.29, 1.82) is 0 Å². The Labute approximate surface area is 160 Å². The zero-order valence-electron chi connectivity index (χ0n) is 16.3. The molecular formula is C19H27NO5S. The van der Waals surface area contributed by atoms with Gasteiger partial charge in [-0.1, -0.05) is 12.1 Å². The SMILES string of the molecule is CN(C(=O)OC(C)(C)C)[C@@H](C(=O)S)c1cccc(C(=O)OC(C)(C)C)c1. The molecule has 6 nitrogen and oxygen atoms in total. The van der Waals surface area contributed by atoms with Crippen LogP contribution in [0.3, 0.4) is 0 Å². The molecule has 0 fully saturated rings. The standard InChI is InChI=1S/C19H27NO5S/c1-18(2,3)24-15(21)13-10-8-9-12(11-13)14(16(22)26)20(7)17(23)25-19(4,5)6/h8-11,14H,1-7H3,(H,22,26)/t14-/m1/s1. The first-order valence-corrected chi connectivity index (χ1v) is 8.68. The number of hydrogen-bond acceptors (Lipinski definition) is 5. The Morgan fingerprint density at radius 1 is 1.00 bits per heavy atom. The third kappa shape index (κ3) is 6.71. The molecule has 7 heteroatoms. The largest absolute Gasteiger partial charge is 0.456 e. The molecule has 26 heavy (non-hydrogen) atoms. The number of likely N-dealkylation sites (N-methyl/N-ethyl adjacent to an activating group) is 1. The van der Waals surface area contributed by atoms with Crippen LogP contribution < -0.4 is 0 Å². The summed E-state index contributed by atoms with van der Waals surface area (Å²) in [7, 11) is 1.45.